The number of imidazole rings is 2. The number of nitrogens with zero attached hydrogens (tertiary/aromatic N) is 6. The summed E-state index contributed by atoms with van der Waals surface area (Å²) in [5, 5.41) is 0. The Balaban J connectivity index is 0.00000330. The Bertz CT molecular complexity index is 2620. The molecule has 0 aliphatic rings. The van der Waals surface area contributed by atoms with E-state index in [1.165, 1.54) is 0 Å². The van der Waals surface area contributed by atoms with Gasteiger partial charge in [0, 0.05) is 24.5 Å². The largest absolute Gasteiger partial charge is 1.00 e. The molecule has 0 aliphatic heterocycles. The van der Waals surface area contributed by atoms with Gasteiger partial charge in [0.15, 0.2) is 11.0 Å². The standard InChI is InChI=1S/C52H52N6O3.Na.H/c1-35-37(3)53-51(60-43-23-15-9-16-24-43)47-49(35)57(39(5)55-47)33-31-45(29-27-41-19-11-7-12-20-41)59-46(30-28-42-21-13-8-14-22-42)32-34-58-40(6)56-48-50(58)36(2)38(4)54-52(48)61-44-25-17-10-18-26-44;;/h7-30,45-46H,31-34H2,1-6H3;;/q;+1;-1/b29-27+,30-28+;;. The zero-order valence-corrected chi connectivity index (χ0v) is 38.7. The Labute approximate surface area is 387 Å². The maximum absolute atomic E-state index is 7.19. The van der Waals surface area contributed by atoms with Gasteiger partial charge in [-0.3, -0.25) is 0 Å². The number of aromatic nitrogens is 6. The van der Waals surface area contributed by atoms with E-state index in [1.54, 1.807) is 0 Å². The normalized spacial score (nSPS) is 12.6. The molecule has 4 aromatic carbocycles. The Morgan fingerprint density at radius 2 is 0.855 bits per heavy atom. The summed E-state index contributed by atoms with van der Waals surface area (Å²) in [6.45, 7) is 13.7. The van der Waals surface area contributed by atoms with Crippen LogP contribution in [0.4, 0.5) is 0 Å². The number of benzene rings is 4. The molecule has 9 nitrogen and oxygen atoms in total. The van der Waals surface area contributed by atoms with Gasteiger partial charge in [-0.15, -0.1) is 0 Å². The maximum atomic E-state index is 7.19. The molecule has 0 N–H and O–H groups in total. The smallest absolute Gasteiger partial charge is 1.00 e. The van der Waals surface area contributed by atoms with Crippen molar-refractivity contribution < 1.29 is 45.2 Å². The van der Waals surface area contributed by atoms with Gasteiger partial charge >= 0.3 is 29.6 Å². The van der Waals surface area contributed by atoms with Gasteiger partial charge in [-0.2, -0.15) is 0 Å². The molecule has 8 rings (SSSR count). The third kappa shape index (κ3) is 10.3. The fourth-order valence-electron chi connectivity index (χ4n) is 7.72. The van der Waals surface area contributed by atoms with Crippen molar-refractivity contribution in [3.63, 3.8) is 0 Å². The molecule has 0 bridgehead atoms. The van der Waals surface area contributed by atoms with Crippen LogP contribution >= 0.6 is 0 Å². The van der Waals surface area contributed by atoms with Crippen LogP contribution in [0.5, 0.6) is 23.3 Å². The molecule has 2 atom stereocenters. The Kier molecular flexibility index (Phi) is 14.5. The van der Waals surface area contributed by atoms with Crippen molar-refractivity contribution in [2.24, 2.45) is 0 Å². The summed E-state index contributed by atoms with van der Waals surface area (Å²) in [6, 6.07) is 40.3. The van der Waals surface area contributed by atoms with E-state index >= 15 is 0 Å². The van der Waals surface area contributed by atoms with Crippen LogP contribution in [0.15, 0.2) is 133 Å². The number of pyridine rings is 2. The molecular formula is C52H53N6NaO3. The minimum Gasteiger partial charge on any atom is -1.00 e. The molecule has 0 aliphatic carbocycles. The van der Waals surface area contributed by atoms with Crippen LogP contribution in [0.2, 0.25) is 0 Å². The van der Waals surface area contributed by atoms with E-state index in [0.717, 1.165) is 78.9 Å². The van der Waals surface area contributed by atoms with E-state index in [2.05, 4.69) is 110 Å². The van der Waals surface area contributed by atoms with Crippen molar-refractivity contribution in [2.75, 3.05) is 0 Å². The first kappa shape index (κ1) is 44.2. The second-order valence-corrected chi connectivity index (χ2v) is 15.4. The minimum atomic E-state index is -0.231. The van der Waals surface area contributed by atoms with Gasteiger partial charge in [0.05, 0.1) is 23.2 Å². The van der Waals surface area contributed by atoms with E-state index in [0.29, 0.717) is 37.7 Å². The second-order valence-electron chi connectivity index (χ2n) is 15.4. The molecule has 2 unspecified atom stereocenters. The predicted octanol–water partition coefficient (Wildman–Crippen LogP) is 9.39. The molecule has 0 saturated heterocycles. The summed E-state index contributed by atoms with van der Waals surface area (Å²) >= 11 is 0. The zero-order valence-electron chi connectivity index (χ0n) is 37.7. The molecule has 0 saturated carbocycles. The molecule has 0 spiro atoms. The average Bonchev–Trinajstić information content (AvgIpc) is 3.80. The molecule has 4 aromatic heterocycles. The Morgan fingerprint density at radius 3 is 1.23 bits per heavy atom. The Morgan fingerprint density at radius 1 is 0.500 bits per heavy atom. The summed E-state index contributed by atoms with van der Waals surface area (Å²) < 4.78 is 24.4. The van der Waals surface area contributed by atoms with Crippen LogP contribution in [0, 0.1) is 41.5 Å². The number of hydrogen-bond acceptors (Lipinski definition) is 7. The molecule has 8 aromatic rings. The molecule has 0 fully saturated rings. The van der Waals surface area contributed by atoms with Gasteiger partial charge in [-0.25, -0.2) is 19.9 Å². The topological polar surface area (TPSA) is 89.1 Å². The van der Waals surface area contributed by atoms with Crippen LogP contribution in [0.3, 0.4) is 0 Å². The van der Waals surface area contributed by atoms with Gasteiger partial charge in [0.25, 0.3) is 0 Å². The predicted molar refractivity (Wildman–Crippen MR) is 246 cm³/mol. The van der Waals surface area contributed by atoms with E-state index < -0.39 is 0 Å². The van der Waals surface area contributed by atoms with E-state index in [-0.39, 0.29) is 43.2 Å². The summed E-state index contributed by atoms with van der Waals surface area (Å²) in [5.41, 5.74) is 9.78. The fraction of sp³-hybridized carbons (Fsp3) is 0.231. The van der Waals surface area contributed by atoms with E-state index in [1.807, 2.05) is 86.6 Å². The first-order valence-electron chi connectivity index (χ1n) is 21.0. The average molecular weight is 833 g/mol. The molecule has 0 radical (unpaired) electrons. The number of ether oxygens (including phenoxy) is 3. The first-order valence-corrected chi connectivity index (χ1v) is 21.0. The first-order chi connectivity index (χ1) is 29.7. The van der Waals surface area contributed by atoms with Crippen LogP contribution < -0.4 is 39.0 Å². The number of rotatable bonds is 16. The van der Waals surface area contributed by atoms with Crippen molar-refractivity contribution >= 4 is 34.2 Å². The monoisotopic (exact) mass is 832 g/mol. The Hall–Kier alpha value is -5.84. The number of aryl methyl sites for hydroxylation is 8. The van der Waals surface area contributed by atoms with Gasteiger partial charge in [-0.05, 0) is 101 Å². The number of para-hydroxylation sites is 2. The van der Waals surface area contributed by atoms with Crippen molar-refractivity contribution in [1.29, 1.82) is 0 Å². The van der Waals surface area contributed by atoms with Crippen molar-refractivity contribution in [1.82, 2.24) is 29.1 Å². The van der Waals surface area contributed by atoms with Crippen LogP contribution in [-0.2, 0) is 17.8 Å². The zero-order chi connectivity index (χ0) is 42.3. The summed E-state index contributed by atoms with van der Waals surface area (Å²) in [5.74, 6) is 4.26. The van der Waals surface area contributed by atoms with Crippen LogP contribution in [0.1, 0.15) is 59.6 Å². The number of fused-ring (bicyclic) bond motifs is 2. The molecular weight excluding hydrogens is 780 g/mol. The molecule has 310 valence electrons. The van der Waals surface area contributed by atoms with Gasteiger partial charge in [-0.1, -0.05) is 121 Å². The van der Waals surface area contributed by atoms with Gasteiger partial charge in [0.2, 0.25) is 11.8 Å². The van der Waals surface area contributed by atoms with Gasteiger partial charge < -0.3 is 24.8 Å². The second kappa shape index (κ2) is 20.4. The molecule has 0 amide bonds. The maximum Gasteiger partial charge on any atom is 1.00 e. The SMILES string of the molecule is Cc1nc(Oc2ccccc2)c2nc(C)n(CCC(/C=C/c3ccccc3)OC(/C=C/c3ccccc3)CCn3c(C)nc4c(Oc5ccccc5)nc(C)c(C)c43)c2c1C.[H-].[Na+]. The summed E-state index contributed by atoms with van der Waals surface area (Å²) in [4.78, 5) is 19.7. The molecule has 4 heterocycles. The van der Waals surface area contributed by atoms with E-state index in [4.69, 9.17) is 34.1 Å². The third-order valence-corrected chi connectivity index (χ3v) is 11.2. The van der Waals surface area contributed by atoms with E-state index in [9.17, 15) is 0 Å². The summed E-state index contributed by atoms with van der Waals surface area (Å²) in [6.07, 6.45) is 9.66. The summed E-state index contributed by atoms with van der Waals surface area (Å²) in [7, 11) is 0. The molecule has 10 heteroatoms. The fourth-order valence-corrected chi connectivity index (χ4v) is 7.72. The van der Waals surface area contributed by atoms with Crippen molar-refractivity contribution in [3.05, 3.63) is 179 Å². The third-order valence-electron chi connectivity index (χ3n) is 11.2. The van der Waals surface area contributed by atoms with Crippen LogP contribution in [0.25, 0.3) is 34.2 Å². The van der Waals surface area contributed by atoms with Crippen LogP contribution in [-0.4, -0.2) is 41.3 Å². The quantitative estimate of drug-likeness (QED) is 0.0897. The van der Waals surface area contributed by atoms with Crippen molar-refractivity contribution in [2.45, 2.75) is 79.7 Å². The minimum absolute atomic E-state index is 0. The molecule has 62 heavy (non-hydrogen) atoms. The number of hydrogen-bond donors (Lipinski definition) is 0. The van der Waals surface area contributed by atoms with Gasteiger partial charge in [0.1, 0.15) is 23.1 Å². The van der Waals surface area contributed by atoms with Crippen molar-refractivity contribution in [3.8, 4) is 23.3 Å².